The summed E-state index contributed by atoms with van der Waals surface area (Å²) in [6.45, 7) is 6.05. The van der Waals surface area contributed by atoms with Gasteiger partial charge in [-0.3, -0.25) is 4.79 Å². The third-order valence-corrected chi connectivity index (χ3v) is 5.17. The van der Waals surface area contributed by atoms with Crippen LogP contribution >= 0.6 is 11.6 Å². The van der Waals surface area contributed by atoms with E-state index in [0.717, 1.165) is 22.4 Å². The molecule has 0 aliphatic carbocycles. The van der Waals surface area contributed by atoms with Gasteiger partial charge in [0.2, 0.25) is 5.82 Å². The highest BCUT2D eigenvalue weighted by atomic mass is 35.5. The molecular weight excluding hydrogens is 396 g/mol. The molecule has 5 nitrogen and oxygen atoms in total. The van der Waals surface area contributed by atoms with Crippen molar-refractivity contribution >= 4 is 23.2 Å². The Kier molecular flexibility index (Phi) is 5.38. The lowest BCUT2D eigenvalue weighted by Gasteiger charge is -2.06. The quantitative estimate of drug-likeness (QED) is 0.459. The van der Waals surface area contributed by atoms with Crippen molar-refractivity contribution in [2.75, 3.05) is 5.32 Å². The van der Waals surface area contributed by atoms with Crippen LogP contribution in [0.25, 0.3) is 17.1 Å². The largest absolute Gasteiger partial charge is 0.319 e. The highest BCUT2D eigenvalue weighted by Crippen LogP contribution is 2.24. The van der Waals surface area contributed by atoms with Gasteiger partial charge in [-0.2, -0.15) is 0 Å². The van der Waals surface area contributed by atoms with Gasteiger partial charge in [0.15, 0.2) is 5.82 Å². The highest BCUT2D eigenvalue weighted by Gasteiger charge is 2.19. The Morgan fingerprint density at radius 3 is 2.40 bits per heavy atom. The molecule has 1 aromatic heterocycles. The van der Waals surface area contributed by atoms with Crippen molar-refractivity contribution in [1.29, 1.82) is 0 Å². The first-order valence-corrected chi connectivity index (χ1v) is 9.97. The molecule has 0 atom stereocenters. The van der Waals surface area contributed by atoms with Gasteiger partial charge in [0.05, 0.1) is 5.69 Å². The lowest BCUT2D eigenvalue weighted by atomic mass is 10.1. The van der Waals surface area contributed by atoms with E-state index in [1.807, 2.05) is 75.4 Å². The second kappa shape index (κ2) is 8.13. The molecule has 0 saturated heterocycles. The number of benzene rings is 3. The molecule has 0 saturated carbocycles. The first kappa shape index (κ1) is 19.9. The van der Waals surface area contributed by atoms with E-state index in [0.29, 0.717) is 16.5 Å². The molecule has 0 aliphatic heterocycles. The molecule has 30 heavy (non-hydrogen) atoms. The van der Waals surface area contributed by atoms with Crippen molar-refractivity contribution in [3.63, 3.8) is 0 Å². The molecule has 0 unspecified atom stereocenters. The fourth-order valence-electron chi connectivity index (χ4n) is 3.15. The molecule has 4 aromatic rings. The lowest BCUT2D eigenvalue weighted by molar-refractivity contribution is 0.101. The third-order valence-electron chi connectivity index (χ3n) is 4.92. The zero-order valence-corrected chi connectivity index (χ0v) is 17.7. The van der Waals surface area contributed by atoms with Crippen LogP contribution in [0.15, 0.2) is 66.7 Å². The van der Waals surface area contributed by atoms with Crippen LogP contribution < -0.4 is 5.32 Å². The van der Waals surface area contributed by atoms with E-state index in [1.165, 1.54) is 5.56 Å². The number of carbonyl (C=O) groups is 1. The summed E-state index contributed by atoms with van der Waals surface area (Å²) in [5, 5.41) is 8.02. The van der Waals surface area contributed by atoms with E-state index in [1.54, 1.807) is 16.8 Å². The van der Waals surface area contributed by atoms with Gasteiger partial charge >= 0.3 is 0 Å². The standard InChI is InChI=1S/C24H21ClN4O/c1-15-5-4-6-18(13-15)23-27-22(28-29(23)21-11-8-19(25)9-12-21)24(30)26-20-10-7-16(2)17(3)14-20/h4-14H,1-3H3,(H,26,30). The van der Waals surface area contributed by atoms with E-state index in [-0.39, 0.29) is 11.7 Å². The maximum atomic E-state index is 12.9. The predicted molar refractivity (Wildman–Crippen MR) is 120 cm³/mol. The average Bonchev–Trinajstić information content (AvgIpc) is 3.17. The Bertz CT molecular complexity index is 1230. The molecule has 0 radical (unpaired) electrons. The van der Waals surface area contributed by atoms with Crippen LogP contribution in [0.3, 0.4) is 0 Å². The summed E-state index contributed by atoms with van der Waals surface area (Å²) in [7, 11) is 0. The van der Waals surface area contributed by atoms with Crippen LogP contribution in [0.1, 0.15) is 27.3 Å². The Hall–Kier alpha value is -3.44. The molecule has 1 amide bonds. The van der Waals surface area contributed by atoms with Gasteiger partial charge in [-0.05, 0) is 74.4 Å². The van der Waals surface area contributed by atoms with Crippen molar-refractivity contribution in [2.45, 2.75) is 20.8 Å². The summed E-state index contributed by atoms with van der Waals surface area (Å²) in [5.41, 5.74) is 5.73. The minimum atomic E-state index is -0.361. The van der Waals surface area contributed by atoms with E-state index in [2.05, 4.69) is 15.4 Å². The Labute approximate surface area is 180 Å². The number of nitrogens with one attached hydrogen (secondary N) is 1. The van der Waals surface area contributed by atoms with E-state index in [9.17, 15) is 4.79 Å². The van der Waals surface area contributed by atoms with Crippen LogP contribution in [0.2, 0.25) is 5.02 Å². The highest BCUT2D eigenvalue weighted by molar-refractivity contribution is 6.30. The average molecular weight is 417 g/mol. The van der Waals surface area contributed by atoms with Crippen LogP contribution in [-0.2, 0) is 0 Å². The molecule has 1 heterocycles. The summed E-state index contributed by atoms with van der Waals surface area (Å²) >= 11 is 6.04. The lowest BCUT2D eigenvalue weighted by Crippen LogP contribution is -2.14. The molecule has 150 valence electrons. The Balaban J connectivity index is 1.75. The first-order valence-electron chi connectivity index (χ1n) is 9.59. The molecule has 0 bridgehead atoms. The second-order valence-electron chi connectivity index (χ2n) is 7.27. The van der Waals surface area contributed by atoms with Crippen LogP contribution in [-0.4, -0.2) is 20.7 Å². The van der Waals surface area contributed by atoms with Crippen LogP contribution in [0.5, 0.6) is 0 Å². The number of hydrogen-bond donors (Lipinski definition) is 1. The zero-order chi connectivity index (χ0) is 21.3. The maximum absolute atomic E-state index is 12.9. The summed E-state index contributed by atoms with van der Waals surface area (Å²) in [5.74, 6) is 0.325. The molecule has 0 fully saturated rings. The number of anilines is 1. The summed E-state index contributed by atoms with van der Waals surface area (Å²) in [6, 6.07) is 21.0. The van der Waals surface area contributed by atoms with E-state index < -0.39 is 0 Å². The molecule has 4 rings (SSSR count). The topological polar surface area (TPSA) is 59.8 Å². The molecule has 1 N–H and O–H groups in total. The Morgan fingerprint density at radius 1 is 0.933 bits per heavy atom. The monoisotopic (exact) mass is 416 g/mol. The second-order valence-corrected chi connectivity index (χ2v) is 7.71. The van der Waals surface area contributed by atoms with Crippen LogP contribution in [0.4, 0.5) is 5.69 Å². The zero-order valence-electron chi connectivity index (χ0n) is 17.0. The van der Waals surface area contributed by atoms with Gasteiger partial charge in [-0.15, -0.1) is 5.10 Å². The number of carbonyl (C=O) groups excluding carboxylic acids is 1. The van der Waals surface area contributed by atoms with Gasteiger partial charge < -0.3 is 5.32 Å². The summed E-state index contributed by atoms with van der Waals surface area (Å²) in [6.07, 6.45) is 0. The fourth-order valence-corrected chi connectivity index (χ4v) is 3.27. The van der Waals surface area contributed by atoms with Gasteiger partial charge in [0, 0.05) is 16.3 Å². The third kappa shape index (κ3) is 4.11. The number of rotatable bonds is 4. The molecule has 6 heteroatoms. The maximum Gasteiger partial charge on any atom is 0.295 e. The molecule has 0 spiro atoms. The smallest absolute Gasteiger partial charge is 0.295 e. The van der Waals surface area contributed by atoms with Gasteiger partial charge in [0.1, 0.15) is 0 Å². The SMILES string of the molecule is Cc1cccc(-c2nc(C(=O)Nc3ccc(C)c(C)c3)nn2-c2ccc(Cl)cc2)c1. The van der Waals surface area contributed by atoms with Gasteiger partial charge in [-0.25, -0.2) is 9.67 Å². The minimum absolute atomic E-state index is 0.0969. The van der Waals surface area contributed by atoms with Crippen molar-refractivity contribution in [1.82, 2.24) is 14.8 Å². The molecule has 0 aliphatic rings. The number of hydrogen-bond acceptors (Lipinski definition) is 3. The number of halogens is 1. The predicted octanol–water partition coefficient (Wildman–Crippen LogP) is 5.77. The van der Waals surface area contributed by atoms with Gasteiger partial charge in [-0.1, -0.05) is 41.4 Å². The number of aryl methyl sites for hydroxylation is 3. The van der Waals surface area contributed by atoms with Crippen molar-refractivity contribution in [2.24, 2.45) is 0 Å². The van der Waals surface area contributed by atoms with Crippen LogP contribution in [0, 0.1) is 20.8 Å². The van der Waals surface area contributed by atoms with E-state index in [4.69, 9.17) is 11.6 Å². The summed E-state index contributed by atoms with van der Waals surface area (Å²) in [4.78, 5) is 17.5. The van der Waals surface area contributed by atoms with Crippen molar-refractivity contribution in [3.8, 4) is 17.1 Å². The summed E-state index contributed by atoms with van der Waals surface area (Å²) < 4.78 is 1.67. The molecule has 3 aromatic carbocycles. The number of nitrogens with zero attached hydrogens (tertiary/aromatic N) is 3. The number of amides is 1. The number of aromatic nitrogens is 3. The normalized spacial score (nSPS) is 10.8. The van der Waals surface area contributed by atoms with Gasteiger partial charge in [0.25, 0.3) is 5.91 Å². The Morgan fingerprint density at radius 2 is 1.70 bits per heavy atom. The van der Waals surface area contributed by atoms with Crippen molar-refractivity contribution < 1.29 is 4.79 Å². The fraction of sp³-hybridized carbons (Fsp3) is 0.125. The van der Waals surface area contributed by atoms with E-state index >= 15 is 0 Å². The minimum Gasteiger partial charge on any atom is -0.319 e. The van der Waals surface area contributed by atoms with Crippen molar-refractivity contribution in [3.05, 3.63) is 94.3 Å². The first-order chi connectivity index (χ1) is 14.4. The molecular formula is C24H21ClN4O.